The van der Waals surface area contributed by atoms with Crippen molar-refractivity contribution in [3.63, 3.8) is 0 Å². The highest BCUT2D eigenvalue weighted by Crippen LogP contribution is 2.30. The van der Waals surface area contributed by atoms with Crippen molar-refractivity contribution in [2.24, 2.45) is 5.73 Å². The van der Waals surface area contributed by atoms with Gasteiger partial charge in [0.15, 0.2) is 5.13 Å². The van der Waals surface area contributed by atoms with Gasteiger partial charge in [0, 0.05) is 4.88 Å². The second kappa shape index (κ2) is 5.86. The summed E-state index contributed by atoms with van der Waals surface area (Å²) in [5, 5.41) is 4.62. The molecule has 0 aliphatic heterocycles. The Morgan fingerprint density at radius 2 is 2.26 bits per heavy atom. The fraction of sp³-hybridized carbons (Fsp3) is 0.231. The van der Waals surface area contributed by atoms with Gasteiger partial charge >= 0.3 is 0 Å². The van der Waals surface area contributed by atoms with E-state index < -0.39 is 0 Å². The first-order chi connectivity index (χ1) is 9.02. The van der Waals surface area contributed by atoms with E-state index in [4.69, 9.17) is 29.6 Å². The Hall–Kier alpha value is -1.17. The normalized spacial score (nSPS) is 10.5. The quantitative estimate of drug-likeness (QED) is 0.837. The van der Waals surface area contributed by atoms with Gasteiger partial charge in [0.1, 0.15) is 4.99 Å². The lowest BCUT2D eigenvalue weighted by Crippen LogP contribution is -2.12. The zero-order valence-electron chi connectivity index (χ0n) is 10.7. The summed E-state index contributed by atoms with van der Waals surface area (Å²) in [6.45, 7) is 4.15. The van der Waals surface area contributed by atoms with Crippen LogP contribution in [0.15, 0.2) is 18.2 Å². The molecule has 1 heterocycles. The van der Waals surface area contributed by atoms with E-state index in [0.717, 1.165) is 22.9 Å². The van der Waals surface area contributed by atoms with Crippen LogP contribution in [0.5, 0.6) is 0 Å². The predicted molar refractivity (Wildman–Crippen MR) is 86.9 cm³/mol. The zero-order valence-corrected chi connectivity index (χ0v) is 13.0. The summed E-state index contributed by atoms with van der Waals surface area (Å²) in [5.74, 6) is 0. The minimum atomic E-state index is 0.275. The van der Waals surface area contributed by atoms with Crippen molar-refractivity contribution in [3.8, 4) is 0 Å². The number of anilines is 2. The van der Waals surface area contributed by atoms with Gasteiger partial charge in [0.25, 0.3) is 0 Å². The molecule has 0 aliphatic rings. The largest absolute Gasteiger partial charge is 0.389 e. The number of benzene rings is 1. The number of hydrogen-bond acceptors (Lipinski definition) is 4. The highest BCUT2D eigenvalue weighted by molar-refractivity contribution is 7.80. The molecule has 0 bridgehead atoms. The molecule has 2 rings (SSSR count). The van der Waals surface area contributed by atoms with Crippen LogP contribution in [0.3, 0.4) is 0 Å². The van der Waals surface area contributed by atoms with Crippen LogP contribution in [-0.4, -0.2) is 9.97 Å². The summed E-state index contributed by atoms with van der Waals surface area (Å²) < 4.78 is 0. The molecule has 1 aromatic carbocycles. The number of rotatable bonds is 4. The molecular weight excluding hydrogens is 298 g/mol. The third-order valence-electron chi connectivity index (χ3n) is 2.73. The summed E-state index contributed by atoms with van der Waals surface area (Å²) >= 11 is 12.8. The van der Waals surface area contributed by atoms with Crippen LogP contribution in [0.1, 0.15) is 23.1 Å². The molecule has 19 heavy (non-hydrogen) atoms. The van der Waals surface area contributed by atoms with Gasteiger partial charge in [-0.05, 0) is 25.5 Å². The number of hydrogen-bond donors (Lipinski definition) is 2. The molecule has 1 aromatic heterocycles. The smallest absolute Gasteiger partial charge is 0.187 e. The Balaban J connectivity index is 2.37. The fourth-order valence-corrected chi connectivity index (χ4v) is 3.27. The maximum Gasteiger partial charge on any atom is 0.187 e. The molecule has 0 amide bonds. The standard InChI is InChI=1S/C13H14ClN3S2/c1-3-9-7(2)19-13(16-9)17-10-6-4-5-8(14)11(10)12(15)18/h4-6H,3H2,1-2H3,(H2,15,18)(H,16,17). The fourth-order valence-electron chi connectivity index (χ4n) is 1.80. The van der Waals surface area contributed by atoms with E-state index in [9.17, 15) is 0 Å². The molecule has 0 radical (unpaired) electrons. The van der Waals surface area contributed by atoms with Crippen molar-refractivity contribution in [2.75, 3.05) is 5.32 Å². The average Bonchev–Trinajstić information content (AvgIpc) is 2.69. The molecule has 0 aliphatic carbocycles. The first-order valence-corrected chi connectivity index (χ1v) is 7.44. The van der Waals surface area contributed by atoms with Crippen LogP contribution in [0, 0.1) is 6.92 Å². The number of thiocarbonyl (C=S) groups is 1. The van der Waals surface area contributed by atoms with E-state index in [1.807, 2.05) is 12.1 Å². The molecule has 0 spiro atoms. The molecule has 2 aromatic rings. The first kappa shape index (κ1) is 14.2. The van der Waals surface area contributed by atoms with Gasteiger partial charge in [-0.2, -0.15) is 0 Å². The summed E-state index contributed by atoms with van der Waals surface area (Å²) in [6.07, 6.45) is 0.918. The van der Waals surface area contributed by atoms with Crippen LogP contribution < -0.4 is 11.1 Å². The number of aromatic nitrogens is 1. The summed E-state index contributed by atoms with van der Waals surface area (Å²) in [7, 11) is 0. The summed E-state index contributed by atoms with van der Waals surface area (Å²) in [4.78, 5) is 6.02. The molecule has 0 unspecified atom stereocenters. The molecule has 0 atom stereocenters. The summed E-state index contributed by atoms with van der Waals surface area (Å²) in [6, 6.07) is 5.52. The summed E-state index contributed by atoms with van der Waals surface area (Å²) in [5.41, 5.74) is 8.27. The number of thiazole rings is 1. The van der Waals surface area contributed by atoms with Gasteiger partial charge in [0.2, 0.25) is 0 Å². The lowest BCUT2D eigenvalue weighted by molar-refractivity contribution is 1.05. The van der Waals surface area contributed by atoms with Crippen LogP contribution >= 0.6 is 35.2 Å². The lowest BCUT2D eigenvalue weighted by atomic mass is 10.2. The van der Waals surface area contributed by atoms with Gasteiger partial charge in [-0.1, -0.05) is 36.8 Å². The van der Waals surface area contributed by atoms with Gasteiger partial charge in [-0.3, -0.25) is 0 Å². The van der Waals surface area contributed by atoms with E-state index in [1.54, 1.807) is 17.4 Å². The Labute approximate surface area is 126 Å². The Morgan fingerprint density at radius 1 is 1.53 bits per heavy atom. The maximum absolute atomic E-state index is 6.13. The Bertz CT molecular complexity index is 622. The van der Waals surface area contributed by atoms with Crippen molar-refractivity contribution in [2.45, 2.75) is 20.3 Å². The minimum Gasteiger partial charge on any atom is -0.389 e. The molecular formula is C13H14ClN3S2. The van der Waals surface area contributed by atoms with E-state index in [0.29, 0.717) is 10.6 Å². The van der Waals surface area contributed by atoms with Gasteiger partial charge < -0.3 is 11.1 Å². The second-order valence-electron chi connectivity index (χ2n) is 4.03. The van der Waals surface area contributed by atoms with Crippen LogP contribution in [0.4, 0.5) is 10.8 Å². The number of aryl methyl sites for hydroxylation is 2. The van der Waals surface area contributed by atoms with Gasteiger partial charge in [0.05, 0.1) is 22.0 Å². The molecule has 0 fully saturated rings. The van der Waals surface area contributed by atoms with Crippen LogP contribution in [-0.2, 0) is 6.42 Å². The maximum atomic E-state index is 6.13. The number of nitrogens with two attached hydrogens (primary N) is 1. The van der Waals surface area contributed by atoms with Crippen molar-refractivity contribution in [1.29, 1.82) is 0 Å². The monoisotopic (exact) mass is 311 g/mol. The number of halogens is 1. The lowest BCUT2D eigenvalue weighted by Gasteiger charge is -2.10. The van der Waals surface area contributed by atoms with E-state index in [-0.39, 0.29) is 4.99 Å². The highest BCUT2D eigenvalue weighted by atomic mass is 35.5. The van der Waals surface area contributed by atoms with Crippen molar-refractivity contribution in [1.82, 2.24) is 4.98 Å². The van der Waals surface area contributed by atoms with E-state index in [2.05, 4.69) is 24.1 Å². The molecule has 100 valence electrons. The zero-order chi connectivity index (χ0) is 14.0. The van der Waals surface area contributed by atoms with E-state index >= 15 is 0 Å². The Kier molecular flexibility index (Phi) is 4.39. The van der Waals surface area contributed by atoms with Crippen LogP contribution in [0.2, 0.25) is 5.02 Å². The Morgan fingerprint density at radius 3 is 2.84 bits per heavy atom. The molecule has 0 saturated heterocycles. The van der Waals surface area contributed by atoms with Crippen LogP contribution in [0.25, 0.3) is 0 Å². The third-order valence-corrected chi connectivity index (χ3v) is 4.18. The van der Waals surface area contributed by atoms with Gasteiger partial charge in [-0.15, -0.1) is 11.3 Å². The van der Waals surface area contributed by atoms with Gasteiger partial charge in [-0.25, -0.2) is 4.98 Å². The van der Waals surface area contributed by atoms with Crippen molar-refractivity contribution >= 4 is 51.0 Å². The second-order valence-corrected chi connectivity index (χ2v) is 6.08. The van der Waals surface area contributed by atoms with Crippen molar-refractivity contribution in [3.05, 3.63) is 39.4 Å². The van der Waals surface area contributed by atoms with Crippen molar-refractivity contribution < 1.29 is 0 Å². The number of nitrogens with zero attached hydrogens (tertiary/aromatic N) is 1. The predicted octanol–water partition coefficient (Wildman–Crippen LogP) is 4.05. The molecule has 6 heteroatoms. The first-order valence-electron chi connectivity index (χ1n) is 5.84. The molecule has 3 N–H and O–H groups in total. The number of nitrogens with one attached hydrogen (secondary N) is 1. The van der Waals surface area contributed by atoms with E-state index in [1.165, 1.54) is 4.88 Å². The third kappa shape index (κ3) is 3.05. The SMILES string of the molecule is CCc1nc(Nc2cccc(Cl)c2C(N)=S)sc1C. The minimum absolute atomic E-state index is 0.275. The topological polar surface area (TPSA) is 50.9 Å². The molecule has 0 saturated carbocycles. The molecule has 3 nitrogen and oxygen atoms in total. The highest BCUT2D eigenvalue weighted by Gasteiger charge is 2.12. The average molecular weight is 312 g/mol.